The molecule has 36 heavy (non-hydrogen) atoms. The molecule has 0 aliphatic rings. The summed E-state index contributed by atoms with van der Waals surface area (Å²) >= 11 is 0. The molecule has 0 atom stereocenters. The Morgan fingerprint density at radius 3 is 2.44 bits per heavy atom. The number of carboxylic acid groups (broad SMARTS) is 1. The zero-order valence-corrected chi connectivity index (χ0v) is 20.3. The van der Waals surface area contributed by atoms with Crippen molar-refractivity contribution in [2.75, 3.05) is 23.7 Å². The van der Waals surface area contributed by atoms with Crippen molar-refractivity contribution < 1.29 is 31.9 Å². The maximum Gasteiger partial charge on any atom is 0.340 e. The van der Waals surface area contributed by atoms with Crippen LogP contribution in [0.1, 0.15) is 21.5 Å². The highest BCUT2D eigenvalue weighted by Crippen LogP contribution is 2.38. The molecule has 0 aliphatic carbocycles. The third-order valence-corrected chi connectivity index (χ3v) is 6.78. The van der Waals surface area contributed by atoms with Crippen LogP contribution >= 0.6 is 0 Å². The van der Waals surface area contributed by atoms with Crippen molar-refractivity contribution in [1.82, 2.24) is 0 Å². The maximum atomic E-state index is 13.4. The Morgan fingerprint density at radius 2 is 1.83 bits per heavy atom. The summed E-state index contributed by atoms with van der Waals surface area (Å²) in [5, 5.41) is 10.2. The summed E-state index contributed by atoms with van der Waals surface area (Å²) in [5.41, 5.74) is 2.09. The first kappa shape index (κ1) is 25.2. The van der Waals surface area contributed by atoms with Crippen molar-refractivity contribution >= 4 is 38.7 Å². The van der Waals surface area contributed by atoms with Gasteiger partial charge in [-0.25, -0.2) is 17.6 Å². The fraction of sp³-hybridized carbons (Fsp3) is 0.148. The summed E-state index contributed by atoms with van der Waals surface area (Å²) in [5.74, 6) is -1.66. The van der Waals surface area contributed by atoms with Crippen LogP contribution in [-0.4, -0.2) is 38.9 Å². The average Bonchev–Trinajstić information content (AvgIpc) is 3.22. The number of carbonyl (C=O) groups is 1. The van der Waals surface area contributed by atoms with E-state index < -0.39 is 21.8 Å². The Morgan fingerprint density at radius 1 is 1.14 bits per heavy atom. The minimum atomic E-state index is -3.73. The van der Waals surface area contributed by atoms with E-state index in [0.29, 0.717) is 17.7 Å². The van der Waals surface area contributed by atoms with Crippen LogP contribution in [-0.2, 0) is 21.4 Å². The van der Waals surface area contributed by atoms with Gasteiger partial charge in [0.25, 0.3) is 0 Å². The van der Waals surface area contributed by atoms with Gasteiger partial charge in [0.1, 0.15) is 22.7 Å². The highest BCUT2D eigenvalue weighted by molar-refractivity contribution is 7.92. The third kappa shape index (κ3) is 5.32. The van der Waals surface area contributed by atoms with Crippen LogP contribution in [0.15, 0.2) is 77.7 Å². The molecule has 3 aromatic carbocycles. The summed E-state index contributed by atoms with van der Waals surface area (Å²) in [6, 6.07) is 17.7. The van der Waals surface area contributed by atoms with E-state index in [-0.39, 0.29) is 41.1 Å². The predicted octanol–water partition coefficient (Wildman–Crippen LogP) is 5.56. The molecule has 0 spiro atoms. The first-order valence-electron chi connectivity index (χ1n) is 11.0. The Balaban J connectivity index is 1.73. The van der Waals surface area contributed by atoms with Crippen molar-refractivity contribution in [2.24, 2.45) is 0 Å². The second-order valence-electron chi connectivity index (χ2n) is 8.10. The Kier molecular flexibility index (Phi) is 7.23. The van der Waals surface area contributed by atoms with E-state index in [9.17, 15) is 22.7 Å². The maximum absolute atomic E-state index is 13.4. The summed E-state index contributed by atoms with van der Waals surface area (Å²) in [6.45, 7) is 4.25. The standard InChI is InChI=1S/C27H24FNO6S/c1-3-19-15-22-24(35-26(25(22)27(30)31)20-9-11-21(28)12-10-20)16-23(19)29(36(2,32)33)13-14-34-17-18-7-5-4-6-8-18/h3-12,15-16H,1,13-14,17H2,2H3,(H,30,31). The number of anilines is 1. The molecule has 0 saturated heterocycles. The number of furan rings is 1. The monoisotopic (exact) mass is 509 g/mol. The number of hydrogen-bond donors (Lipinski definition) is 1. The van der Waals surface area contributed by atoms with Gasteiger partial charge in [-0.1, -0.05) is 43.0 Å². The molecule has 7 nitrogen and oxygen atoms in total. The van der Waals surface area contributed by atoms with Crippen molar-refractivity contribution in [2.45, 2.75) is 6.61 Å². The van der Waals surface area contributed by atoms with Gasteiger partial charge in [0.2, 0.25) is 10.0 Å². The molecule has 0 bridgehead atoms. The van der Waals surface area contributed by atoms with Gasteiger partial charge < -0.3 is 14.3 Å². The van der Waals surface area contributed by atoms with E-state index in [1.54, 1.807) is 0 Å². The van der Waals surface area contributed by atoms with E-state index in [2.05, 4.69) is 6.58 Å². The molecule has 4 rings (SSSR count). The van der Waals surface area contributed by atoms with Gasteiger partial charge in [-0.05, 0) is 41.5 Å². The molecule has 0 radical (unpaired) electrons. The number of halogens is 1. The van der Waals surface area contributed by atoms with E-state index in [1.165, 1.54) is 46.8 Å². The van der Waals surface area contributed by atoms with Gasteiger partial charge in [0.05, 0.1) is 31.7 Å². The third-order valence-electron chi connectivity index (χ3n) is 5.60. The minimum absolute atomic E-state index is 0.0231. The summed E-state index contributed by atoms with van der Waals surface area (Å²) in [4.78, 5) is 12.1. The fourth-order valence-corrected chi connectivity index (χ4v) is 4.84. The van der Waals surface area contributed by atoms with Crippen molar-refractivity contribution in [3.8, 4) is 11.3 Å². The summed E-state index contributed by atoms with van der Waals surface area (Å²) in [7, 11) is -3.73. The molecule has 9 heteroatoms. The quantitative estimate of drug-likeness (QED) is 0.281. The van der Waals surface area contributed by atoms with Crippen LogP contribution in [0.4, 0.5) is 10.1 Å². The van der Waals surface area contributed by atoms with Crippen molar-refractivity contribution in [1.29, 1.82) is 0 Å². The molecule has 0 amide bonds. The molecule has 1 N–H and O–H groups in total. The second-order valence-corrected chi connectivity index (χ2v) is 10.0. The zero-order chi connectivity index (χ0) is 25.9. The number of benzene rings is 3. The smallest absolute Gasteiger partial charge is 0.340 e. The van der Waals surface area contributed by atoms with Crippen LogP contribution in [0.5, 0.6) is 0 Å². The Bertz CT molecular complexity index is 1510. The number of nitrogens with zero attached hydrogens (tertiary/aromatic N) is 1. The SMILES string of the molecule is C=Cc1cc2c(C(=O)O)c(-c3ccc(F)cc3)oc2cc1N(CCOCc1ccccc1)S(C)(=O)=O. The lowest BCUT2D eigenvalue weighted by Gasteiger charge is -2.24. The highest BCUT2D eigenvalue weighted by atomic mass is 32.2. The number of ether oxygens (including phenoxy) is 1. The lowest BCUT2D eigenvalue weighted by molar-refractivity contribution is 0.0699. The van der Waals surface area contributed by atoms with E-state index in [0.717, 1.165) is 11.8 Å². The van der Waals surface area contributed by atoms with Crippen LogP contribution in [0.3, 0.4) is 0 Å². The van der Waals surface area contributed by atoms with Crippen molar-refractivity contribution in [3.05, 3.63) is 95.8 Å². The Hall–Kier alpha value is -3.95. The van der Waals surface area contributed by atoms with Crippen LogP contribution < -0.4 is 4.31 Å². The van der Waals surface area contributed by atoms with E-state index in [1.807, 2.05) is 30.3 Å². The molecule has 0 fully saturated rings. The van der Waals surface area contributed by atoms with Crippen molar-refractivity contribution in [3.63, 3.8) is 0 Å². The van der Waals surface area contributed by atoms with Gasteiger partial charge in [-0.15, -0.1) is 0 Å². The lowest BCUT2D eigenvalue weighted by atomic mass is 10.0. The molecule has 186 valence electrons. The largest absolute Gasteiger partial charge is 0.478 e. The molecule has 1 heterocycles. The number of hydrogen-bond acceptors (Lipinski definition) is 5. The van der Waals surface area contributed by atoms with Gasteiger partial charge in [0, 0.05) is 17.0 Å². The highest BCUT2D eigenvalue weighted by Gasteiger charge is 2.26. The molecule has 1 aromatic heterocycles. The number of carboxylic acids is 1. The molecule has 0 unspecified atom stereocenters. The zero-order valence-electron chi connectivity index (χ0n) is 19.5. The van der Waals surface area contributed by atoms with Gasteiger partial charge in [-0.3, -0.25) is 4.31 Å². The predicted molar refractivity (Wildman–Crippen MR) is 137 cm³/mol. The topological polar surface area (TPSA) is 97.0 Å². The Labute approximate surface area is 208 Å². The molecule has 4 aromatic rings. The van der Waals surface area contributed by atoms with Crippen LogP contribution in [0.25, 0.3) is 28.4 Å². The lowest BCUT2D eigenvalue weighted by Crippen LogP contribution is -2.33. The number of fused-ring (bicyclic) bond motifs is 1. The van der Waals surface area contributed by atoms with Crippen LogP contribution in [0.2, 0.25) is 0 Å². The average molecular weight is 510 g/mol. The first-order chi connectivity index (χ1) is 17.2. The molecule has 0 saturated carbocycles. The summed E-state index contributed by atoms with van der Waals surface area (Å²) in [6.07, 6.45) is 2.53. The number of rotatable bonds is 10. The minimum Gasteiger partial charge on any atom is -0.478 e. The van der Waals surface area contributed by atoms with E-state index in [4.69, 9.17) is 9.15 Å². The van der Waals surface area contributed by atoms with E-state index >= 15 is 0 Å². The van der Waals surface area contributed by atoms with Gasteiger partial charge in [0.15, 0.2) is 0 Å². The summed E-state index contributed by atoms with van der Waals surface area (Å²) < 4.78 is 51.6. The fourth-order valence-electron chi connectivity index (χ4n) is 3.92. The van der Waals surface area contributed by atoms with Gasteiger partial charge in [-0.2, -0.15) is 0 Å². The number of sulfonamides is 1. The normalized spacial score (nSPS) is 11.5. The molecular weight excluding hydrogens is 485 g/mol. The number of aromatic carboxylic acids is 1. The molecule has 0 aliphatic heterocycles. The van der Waals surface area contributed by atoms with Crippen LogP contribution in [0, 0.1) is 5.82 Å². The first-order valence-corrected chi connectivity index (χ1v) is 12.9. The second kappa shape index (κ2) is 10.3. The van der Waals surface area contributed by atoms with Gasteiger partial charge >= 0.3 is 5.97 Å². The molecular formula is C27H24FNO6S.